The van der Waals surface area contributed by atoms with Crippen molar-refractivity contribution in [3.63, 3.8) is 0 Å². The van der Waals surface area contributed by atoms with Crippen molar-refractivity contribution in [1.82, 2.24) is 10.2 Å². The normalized spacial score (nSPS) is 12.1. The van der Waals surface area contributed by atoms with Gasteiger partial charge >= 0.3 is 0 Å². The Morgan fingerprint density at radius 3 is 2.35 bits per heavy atom. The van der Waals surface area contributed by atoms with Crippen molar-refractivity contribution in [1.29, 1.82) is 0 Å². The number of amides is 2. The molecule has 2 aromatic rings. The molecule has 0 spiro atoms. The number of hydrogen-bond donors (Lipinski definition) is 1. The zero-order chi connectivity index (χ0) is 25.5. The summed E-state index contributed by atoms with van der Waals surface area (Å²) in [6.45, 7) is 5.19. The van der Waals surface area contributed by atoms with E-state index in [1.807, 2.05) is 6.92 Å². The molecule has 0 saturated carbocycles. The van der Waals surface area contributed by atoms with Crippen molar-refractivity contribution < 1.29 is 27.1 Å². The number of hydrogen-bond acceptors (Lipinski definition) is 5. The molecular weight excluding hydrogens is 461 g/mol. The zero-order valence-corrected chi connectivity index (χ0v) is 21.0. The van der Waals surface area contributed by atoms with Crippen LogP contribution in [-0.2, 0) is 26.2 Å². The second-order valence-electron chi connectivity index (χ2n) is 8.06. The summed E-state index contributed by atoms with van der Waals surface area (Å²) in [6, 6.07) is 9.70. The van der Waals surface area contributed by atoms with Crippen LogP contribution in [0.5, 0.6) is 5.75 Å². The standard InChI is InChI=1S/C24H32FN3O5S/c1-6-13-26-24(30)18(3)27(15-19-8-10-20(25)11-9-19)23(29)16-28(34(5,31)32)21-14-17(2)7-12-22(21)33-4/h7-12,14,18H,6,13,15-16H2,1-5H3,(H,26,30). The van der Waals surface area contributed by atoms with Gasteiger partial charge in [-0.1, -0.05) is 25.1 Å². The van der Waals surface area contributed by atoms with Gasteiger partial charge in [0, 0.05) is 13.1 Å². The third-order valence-corrected chi connectivity index (χ3v) is 6.39. The van der Waals surface area contributed by atoms with Gasteiger partial charge in [-0.3, -0.25) is 13.9 Å². The first-order chi connectivity index (χ1) is 16.0. The molecule has 0 aliphatic rings. The monoisotopic (exact) mass is 493 g/mol. The highest BCUT2D eigenvalue weighted by molar-refractivity contribution is 7.92. The van der Waals surface area contributed by atoms with Crippen molar-refractivity contribution in [2.75, 3.05) is 30.8 Å². The largest absolute Gasteiger partial charge is 0.495 e. The second-order valence-corrected chi connectivity index (χ2v) is 9.97. The van der Waals surface area contributed by atoms with Crippen molar-refractivity contribution in [2.45, 2.75) is 39.8 Å². The lowest BCUT2D eigenvalue weighted by molar-refractivity contribution is -0.139. The number of benzene rings is 2. The summed E-state index contributed by atoms with van der Waals surface area (Å²) in [5.41, 5.74) is 1.61. The number of halogens is 1. The highest BCUT2D eigenvalue weighted by atomic mass is 32.2. The molecule has 0 aromatic heterocycles. The maximum atomic E-state index is 13.5. The van der Waals surface area contributed by atoms with Gasteiger partial charge in [0.15, 0.2) is 0 Å². The number of carbonyl (C=O) groups excluding carboxylic acids is 2. The number of ether oxygens (including phenoxy) is 1. The molecule has 0 saturated heterocycles. The molecule has 0 aliphatic heterocycles. The molecule has 2 aromatic carbocycles. The van der Waals surface area contributed by atoms with Crippen LogP contribution in [0.3, 0.4) is 0 Å². The lowest BCUT2D eigenvalue weighted by Gasteiger charge is -2.32. The summed E-state index contributed by atoms with van der Waals surface area (Å²) in [4.78, 5) is 27.4. The highest BCUT2D eigenvalue weighted by Crippen LogP contribution is 2.31. The Kier molecular flexibility index (Phi) is 9.43. The number of sulfonamides is 1. The minimum Gasteiger partial charge on any atom is -0.495 e. The van der Waals surface area contributed by atoms with Crippen LogP contribution >= 0.6 is 0 Å². The predicted molar refractivity (Wildman–Crippen MR) is 130 cm³/mol. The van der Waals surface area contributed by atoms with Gasteiger partial charge in [-0.05, 0) is 55.7 Å². The van der Waals surface area contributed by atoms with Crippen LogP contribution < -0.4 is 14.4 Å². The van der Waals surface area contributed by atoms with Gasteiger partial charge in [-0.2, -0.15) is 0 Å². The molecule has 8 nitrogen and oxygen atoms in total. The molecule has 1 N–H and O–H groups in total. The van der Waals surface area contributed by atoms with E-state index in [1.165, 1.54) is 36.3 Å². The maximum absolute atomic E-state index is 13.5. The van der Waals surface area contributed by atoms with Crippen LogP contribution in [0.15, 0.2) is 42.5 Å². The smallest absolute Gasteiger partial charge is 0.244 e. The van der Waals surface area contributed by atoms with Gasteiger partial charge in [-0.25, -0.2) is 12.8 Å². The Hall–Kier alpha value is -3.14. The van der Waals surface area contributed by atoms with Gasteiger partial charge in [0.1, 0.15) is 24.2 Å². The molecule has 2 amide bonds. The van der Waals surface area contributed by atoms with E-state index >= 15 is 0 Å². The number of carbonyl (C=O) groups is 2. The van der Waals surface area contributed by atoms with Gasteiger partial charge in [0.2, 0.25) is 21.8 Å². The Balaban J connectivity index is 2.43. The molecule has 0 radical (unpaired) electrons. The number of anilines is 1. The number of methoxy groups -OCH3 is 1. The Labute approximate surface area is 200 Å². The maximum Gasteiger partial charge on any atom is 0.244 e. The van der Waals surface area contributed by atoms with E-state index in [4.69, 9.17) is 4.74 Å². The molecule has 0 bridgehead atoms. The number of rotatable bonds is 11. The van der Waals surface area contributed by atoms with Gasteiger partial charge in [-0.15, -0.1) is 0 Å². The quantitative estimate of drug-likeness (QED) is 0.519. The average molecular weight is 494 g/mol. The first-order valence-corrected chi connectivity index (χ1v) is 12.8. The summed E-state index contributed by atoms with van der Waals surface area (Å²) in [5.74, 6) is -1.08. The average Bonchev–Trinajstić information content (AvgIpc) is 2.79. The van der Waals surface area contributed by atoms with Crippen LogP contribution in [0.1, 0.15) is 31.4 Å². The van der Waals surface area contributed by atoms with Crippen LogP contribution in [0.2, 0.25) is 0 Å². The van der Waals surface area contributed by atoms with E-state index in [0.717, 1.165) is 22.5 Å². The van der Waals surface area contributed by atoms with E-state index in [2.05, 4.69) is 5.32 Å². The summed E-state index contributed by atoms with van der Waals surface area (Å²) in [5, 5.41) is 2.76. The van der Waals surface area contributed by atoms with E-state index in [-0.39, 0.29) is 18.1 Å². The minimum absolute atomic E-state index is 0.00236. The third-order valence-electron chi connectivity index (χ3n) is 5.26. The molecule has 34 heavy (non-hydrogen) atoms. The molecule has 10 heteroatoms. The SMILES string of the molecule is CCCNC(=O)C(C)N(Cc1ccc(F)cc1)C(=O)CN(c1cc(C)ccc1OC)S(C)(=O)=O. The predicted octanol–water partition coefficient (Wildman–Crippen LogP) is 2.85. The molecule has 186 valence electrons. The summed E-state index contributed by atoms with van der Waals surface area (Å²) in [7, 11) is -2.46. The fraction of sp³-hybridized carbons (Fsp3) is 0.417. The molecular formula is C24H32FN3O5S. The van der Waals surface area contributed by atoms with Crippen molar-refractivity contribution in [3.8, 4) is 5.75 Å². The topological polar surface area (TPSA) is 96.0 Å². The van der Waals surface area contributed by atoms with E-state index < -0.39 is 34.3 Å². The summed E-state index contributed by atoms with van der Waals surface area (Å²) < 4.78 is 45.0. The Morgan fingerprint density at radius 2 is 1.79 bits per heavy atom. The minimum atomic E-state index is -3.88. The Morgan fingerprint density at radius 1 is 1.15 bits per heavy atom. The summed E-state index contributed by atoms with van der Waals surface area (Å²) in [6.07, 6.45) is 1.73. The summed E-state index contributed by atoms with van der Waals surface area (Å²) >= 11 is 0. The van der Waals surface area contributed by atoms with E-state index in [9.17, 15) is 22.4 Å². The molecule has 0 heterocycles. The van der Waals surface area contributed by atoms with Crippen LogP contribution in [0, 0.1) is 12.7 Å². The second kappa shape index (κ2) is 11.8. The van der Waals surface area contributed by atoms with Gasteiger partial charge < -0.3 is 15.0 Å². The molecule has 0 fully saturated rings. The lowest BCUT2D eigenvalue weighted by Crippen LogP contribution is -2.51. The van der Waals surface area contributed by atoms with Crippen LogP contribution in [-0.4, -0.2) is 57.6 Å². The third kappa shape index (κ3) is 7.18. The zero-order valence-electron chi connectivity index (χ0n) is 20.2. The molecule has 0 aliphatic carbocycles. The Bertz CT molecular complexity index is 1110. The fourth-order valence-electron chi connectivity index (χ4n) is 3.35. The first kappa shape index (κ1) is 27.1. The molecule has 1 unspecified atom stereocenters. The van der Waals surface area contributed by atoms with Crippen LogP contribution in [0.25, 0.3) is 0 Å². The van der Waals surface area contributed by atoms with E-state index in [1.54, 1.807) is 32.0 Å². The number of aryl methyl sites for hydroxylation is 1. The molecule has 1 atom stereocenters. The lowest BCUT2D eigenvalue weighted by atomic mass is 10.1. The van der Waals surface area contributed by atoms with Crippen molar-refractivity contribution >= 4 is 27.5 Å². The highest BCUT2D eigenvalue weighted by Gasteiger charge is 2.31. The molecule has 2 rings (SSSR count). The van der Waals surface area contributed by atoms with Gasteiger partial charge in [0.05, 0.1) is 19.1 Å². The van der Waals surface area contributed by atoms with Crippen molar-refractivity contribution in [2.24, 2.45) is 0 Å². The number of nitrogens with one attached hydrogen (secondary N) is 1. The fourth-order valence-corrected chi connectivity index (χ4v) is 4.20. The number of nitrogens with zero attached hydrogens (tertiary/aromatic N) is 2. The first-order valence-electron chi connectivity index (χ1n) is 10.9. The van der Waals surface area contributed by atoms with Gasteiger partial charge in [0.25, 0.3) is 0 Å². The van der Waals surface area contributed by atoms with E-state index in [0.29, 0.717) is 17.9 Å². The van der Waals surface area contributed by atoms with Crippen LogP contribution in [0.4, 0.5) is 10.1 Å². The van der Waals surface area contributed by atoms with Crippen molar-refractivity contribution in [3.05, 3.63) is 59.4 Å².